The van der Waals surface area contributed by atoms with E-state index < -0.39 is 29.6 Å². The Bertz CT molecular complexity index is 972. The molecule has 2 unspecified atom stereocenters. The van der Waals surface area contributed by atoms with Crippen LogP contribution in [0, 0.1) is 0 Å². The topological polar surface area (TPSA) is 175 Å². The molecule has 34 heavy (non-hydrogen) atoms. The molecule has 0 aromatic heterocycles. The molecule has 0 spiro atoms. The second-order valence-electron chi connectivity index (χ2n) is 8.51. The molecule has 0 saturated heterocycles. The molecule has 0 amide bonds. The first kappa shape index (κ1) is 28.5. The lowest BCUT2D eigenvalue weighted by Gasteiger charge is -2.22. The van der Waals surface area contributed by atoms with Gasteiger partial charge in [-0.3, -0.25) is 9.59 Å². The zero-order valence-electron chi connectivity index (χ0n) is 20.1. The van der Waals surface area contributed by atoms with Crippen LogP contribution in [0.15, 0.2) is 36.4 Å². The van der Waals surface area contributed by atoms with Crippen molar-refractivity contribution in [3.8, 4) is 23.0 Å². The molecule has 0 saturated carbocycles. The summed E-state index contributed by atoms with van der Waals surface area (Å²) < 4.78 is 15.1. The molecule has 2 aromatic rings. The molecule has 0 aliphatic carbocycles. The highest BCUT2D eigenvalue weighted by Crippen LogP contribution is 2.27. The van der Waals surface area contributed by atoms with E-state index >= 15 is 0 Å². The lowest BCUT2D eigenvalue weighted by molar-refractivity contribution is -0.156. The number of hydrogen-bond donors (Lipinski definition) is 5. The van der Waals surface area contributed by atoms with E-state index in [1.807, 2.05) is 0 Å². The predicted octanol–water partition coefficient (Wildman–Crippen LogP) is 1.97. The summed E-state index contributed by atoms with van der Waals surface area (Å²) in [5.74, 6) is -0.761. The number of carbonyl (C=O) groups excluding carboxylic acids is 1. The number of ether oxygens (including phenoxy) is 3. The number of nitrogens with two attached hydrogens (primary N) is 2. The molecule has 10 heteroatoms. The van der Waals surface area contributed by atoms with E-state index in [4.69, 9.17) is 30.8 Å². The van der Waals surface area contributed by atoms with Gasteiger partial charge in [-0.1, -0.05) is 12.1 Å². The average molecular weight is 479 g/mol. The molecular formula is C24H34N2O8. The summed E-state index contributed by atoms with van der Waals surface area (Å²) in [6.45, 7) is 5.38. The van der Waals surface area contributed by atoms with Gasteiger partial charge in [-0.25, -0.2) is 0 Å². The van der Waals surface area contributed by atoms with Crippen molar-refractivity contribution < 1.29 is 39.1 Å². The number of hydrogen-bond acceptors (Lipinski definition) is 9. The Morgan fingerprint density at radius 2 is 1.26 bits per heavy atom. The van der Waals surface area contributed by atoms with E-state index in [9.17, 15) is 19.8 Å². The molecule has 0 aliphatic rings. The summed E-state index contributed by atoms with van der Waals surface area (Å²) in [6, 6.07) is 7.80. The van der Waals surface area contributed by atoms with Crippen molar-refractivity contribution in [1.29, 1.82) is 0 Å². The van der Waals surface area contributed by atoms with Gasteiger partial charge in [0.15, 0.2) is 23.0 Å². The fourth-order valence-electron chi connectivity index (χ4n) is 2.75. The van der Waals surface area contributed by atoms with Gasteiger partial charge in [0.1, 0.15) is 17.7 Å². The molecule has 188 valence electrons. The highest BCUT2D eigenvalue weighted by Gasteiger charge is 2.22. The van der Waals surface area contributed by atoms with Gasteiger partial charge in [0, 0.05) is 0 Å². The largest absolute Gasteiger partial charge is 0.504 e. The Kier molecular flexibility index (Phi) is 10.6. The Morgan fingerprint density at radius 3 is 1.62 bits per heavy atom. The van der Waals surface area contributed by atoms with Crippen LogP contribution in [0.4, 0.5) is 0 Å². The van der Waals surface area contributed by atoms with E-state index in [1.165, 1.54) is 26.4 Å². The number of aliphatic carboxylic acids is 1. The van der Waals surface area contributed by atoms with Crippen molar-refractivity contribution >= 4 is 11.9 Å². The van der Waals surface area contributed by atoms with Crippen molar-refractivity contribution in [2.75, 3.05) is 14.2 Å². The number of carbonyl (C=O) groups is 2. The van der Waals surface area contributed by atoms with Crippen LogP contribution in [-0.4, -0.2) is 59.2 Å². The zero-order chi connectivity index (χ0) is 26.1. The maximum absolute atomic E-state index is 11.8. The molecule has 2 aromatic carbocycles. The normalized spacial score (nSPS) is 12.6. The minimum Gasteiger partial charge on any atom is -0.504 e. The number of aromatic hydroxyl groups is 2. The molecular weight excluding hydrogens is 444 g/mol. The third-order valence-corrected chi connectivity index (χ3v) is 4.43. The summed E-state index contributed by atoms with van der Waals surface area (Å²) in [7, 11) is 2.89. The first-order chi connectivity index (χ1) is 15.8. The first-order valence-corrected chi connectivity index (χ1v) is 10.5. The summed E-state index contributed by atoms with van der Waals surface area (Å²) in [5, 5.41) is 27.4. The average Bonchev–Trinajstić information content (AvgIpc) is 2.75. The Morgan fingerprint density at radius 1 is 0.853 bits per heavy atom. The Hall–Kier alpha value is -3.50. The standard InChI is InChI=1S/C14H21NO4.C10H13NO4/c1-14(2,3)19-13(17)10(15)7-9-5-6-11(16)12(8-9)18-4;1-15-9-5-6(2-3-8(9)12)4-7(11)10(13)14/h5-6,8,10,16H,7,15H2,1-4H3;2-3,5,7,12H,4,11H2,1H3,(H,13,14). The molecule has 2 atom stereocenters. The Balaban J connectivity index is 0.000000350. The van der Waals surface area contributed by atoms with Gasteiger partial charge < -0.3 is 41.0 Å². The highest BCUT2D eigenvalue weighted by atomic mass is 16.6. The summed E-state index contributed by atoms with van der Waals surface area (Å²) >= 11 is 0. The van der Waals surface area contributed by atoms with Crippen molar-refractivity contribution in [2.45, 2.75) is 51.3 Å². The van der Waals surface area contributed by atoms with Gasteiger partial charge in [-0.15, -0.1) is 0 Å². The van der Waals surface area contributed by atoms with E-state index in [2.05, 4.69) is 0 Å². The van der Waals surface area contributed by atoms with Crippen LogP contribution in [0.1, 0.15) is 31.9 Å². The molecule has 2 rings (SSSR count). The van der Waals surface area contributed by atoms with Crippen molar-refractivity contribution in [3.05, 3.63) is 47.5 Å². The number of esters is 1. The van der Waals surface area contributed by atoms with Crippen molar-refractivity contribution in [3.63, 3.8) is 0 Å². The van der Waals surface area contributed by atoms with Crippen LogP contribution in [0.25, 0.3) is 0 Å². The monoisotopic (exact) mass is 478 g/mol. The fourth-order valence-corrected chi connectivity index (χ4v) is 2.75. The van der Waals surface area contributed by atoms with Crippen LogP contribution in [0.3, 0.4) is 0 Å². The first-order valence-electron chi connectivity index (χ1n) is 10.5. The van der Waals surface area contributed by atoms with Crippen LogP contribution in [0.5, 0.6) is 23.0 Å². The van der Waals surface area contributed by atoms with E-state index in [-0.39, 0.29) is 17.9 Å². The van der Waals surface area contributed by atoms with E-state index in [0.717, 1.165) is 5.56 Å². The molecule has 0 heterocycles. The number of methoxy groups -OCH3 is 2. The van der Waals surface area contributed by atoms with E-state index in [1.54, 1.807) is 45.0 Å². The van der Waals surface area contributed by atoms with Gasteiger partial charge in [0.05, 0.1) is 14.2 Å². The SMILES string of the molecule is COc1cc(CC(N)C(=O)O)ccc1O.COc1cc(CC(N)C(=O)OC(C)(C)C)ccc1O. The van der Waals surface area contributed by atoms with Gasteiger partial charge in [0.25, 0.3) is 0 Å². The van der Waals surface area contributed by atoms with Crippen LogP contribution < -0.4 is 20.9 Å². The fraction of sp³-hybridized carbons (Fsp3) is 0.417. The molecule has 0 radical (unpaired) electrons. The zero-order valence-corrected chi connectivity index (χ0v) is 20.1. The van der Waals surface area contributed by atoms with Crippen molar-refractivity contribution in [2.24, 2.45) is 11.5 Å². The minimum absolute atomic E-state index is 0.0187. The summed E-state index contributed by atoms with van der Waals surface area (Å²) in [5.41, 5.74) is 12.1. The number of benzene rings is 2. The van der Waals surface area contributed by atoms with Crippen molar-refractivity contribution in [1.82, 2.24) is 0 Å². The number of rotatable bonds is 8. The number of carboxylic acid groups (broad SMARTS) is 1. The third-order valence-electron chi connectivity index (χ3n) is 4.43. The lowest BCUT2D eigenvalue weighted by Crippen LogP contribution is -2.38. The molecule has 7 N–H and O–H groups in total. The van der Waals surface area contributed by atoms with Gasteiger partial charge in [-0.2, -0.15) is 0 Å². The quantitative estimate of drug-likeness (QED) is 0.353. The summed E-state index contributed by atoms with van der Waals surface area (Å²) in [4.78, 5) is 22.3. The van der Waals surface area contributed by atoms with E-state index in [0.29, 0.717) is 23.5 Å². The van der Waals surface area contributed by atoms with Gasteiger partial charge >= 0.3 is 11.9 Å². The second-order valence-corrected chi connectivity index (χ2v) is 8.51. The predicted molar refractivity (Wildman–Crippen MR) is 126 cm³/mol. The van der Waals surface area contributed by atoms with Crippen LogP contribution in [-0.2, 0) is 27.2 Å². The van der Waals surface area contributed by atoms with Crippen LogP contribution >= 0.6 is 0 Å². The molecule has 10 nitrogen and oxygen atoms in total. The molecule has 0 bridgehead atoms. The number of phenolic OH excluding ortho intramolecular Hbond substituents is 2. The number of phenols is 2. The lowest BCUT2D eigenvalue weighted by atomic mass is 10.1. The smallest absolute Gasteiger partial charge is 0.323 e. The van der Waals surface area contributed by atoms with Gasteiger partial charge in [-0.05, 0) is 69.0 Å². The third kappa shape index (κ3) is 9.55. The molecule has 0 aliphatic heterocycles. The highest BCUT2D eigenvalue weighted by molar-refractivity contribution is 5.76. The Labute approximate surface area is 199 Å². The maximum atomic E-state index is 11.8. The maximum Gasteiger partial charge on any atom is 0.323 e. The summed E-state index contributed by atoms with van der Waals surface area (Å²) in [6.07, 6.45) is 0.525. The van der Waals surface area contributed by atoms with Gasteiger partial charge in [0.2, 0.25) is 0 Å². The minimum atomic E-state index is -1.05. The molecule has 0 fully saturated rings. The van der Waals surface area contributed by atoms with Crippen LogP contribution in [0.2, 0.25) is 0 Å². The second kappa shape index (κ2) is 12.7. The number of carboxylic acids is 1.